The Morgan fingerprint density at radius 3 is 2.53 bits per heavy atom. The second-order valence-electron chi connectivity index (χ2n) is 7.94. The third-order valence-corrected chi connectivity index (χ3v) is 5.66. The molecule has 34 heavy (non-hydrogen) atoms. The van der Waals surface area contributed by atoms with E-state index in [-0.39, 0.29) is 22.8 Å². The molecule has 1 fully saturated rings. The Morgan fingerprint density at radius 2 is 1.85 bits per heavy atom. The van der Waals surface area contributed by atoms with Crippen LogP contribution in [-0.2, 0) is 6.18 Å². The van der Waals surface area contributed by atoms with Crippen molar-refractivity contribution in [2.24, 2.45) is 0 Å². The number of anilines is 2. The van der Waals surface area contributed by atoms with E-state index in [9.17, 15) is 28.1 Å². The van der Waals surface area contributed by atoms with E-state index in [2.05, 4.69) is 15.6 Å². The Hall–Kier alpha value is -3.96. The third-order valence-electron chi connectivity index (χ3n) is 5.66. The number of benzene rings is 2. The molecule has 1 amide bonds. The Kier molecular flexibility index (Phi) is 6.22. The summed E-state index contributed by atoms with van der Waals surface area (Å²) in [5.41, 5.74) is 0.00853. The van der Waals surface area contributed by atoms with E-state index in [1.165, 1.54) is 28.9 Å². The molecule has 1 aromatic heterocycles. The van der Waals surface area contributed by atoms with E-state index >= 15 is 0 Å². The molecule has 4 rings (SSSR count). The van der Waals surface area contributed by atoms with Gasteiger partial charge in [-0.05, 0) is 50.5 Å². The van der Waals surface area contributed by atoms with Crippen molar-refractivity contribution < 1.29 is 22.9 Å². The number of piperidine rings is 1. The number of alkyl halides is 3. The van der Waals surface area contributed by atoms with Crippen molar-refractivity contribution in [1.82, 2.24) is 15.0 Å². The molecule has 0 spiro atoms. The van der Waals surface area contributed by atoms with Crippen molar-refractivity contribution in [3.05, 3.63) is 69.5 Å². The van der Waals surface area contributed by atoms with Crippen LogP contribution in [0, 0.1) is 17.0 Å². The number of carbonyl (C=O) groups is 1. The summed E-state index contributed by atoms with van der Waals surface area (Å²) in [7, 11) is 0. The van der Waals surface area contributed by atoms with Gasteiger partial charge in [-0.15, -0.1) is 5.10 Å². The topological polar surface area (TPSA) is 106 Å². The van der Waals surface area contributed by atoms with Crippen LogP contribution in [0.25, 0.3) is 5.69 Å². The van der Waals surface area contributed by atoms with Crippen molar-refractivity contribution in [3.63, 3.8) is 0 Å². The normalized spacial score (nSPS) is 14.2. The Bertz CT molecular complexity index is 1230. The number of carbonyl (C=O) groups excluding carboxylic acids is 1. The average molecular weight is 474 g/mol. The first kappa shape index (κ1) is 23.2. The van der Waals surface area contributed by atoms with Crippen LogP contribution in [0.15, 0.2) is 42.5 Å². The second-order valence-corrected chi connectivity index (χ2v) is 7.94. The fourth-order valence-corrected chi connectivity index (χ4v) is 3.93. The molecule has 12 heteroatoms. The third kappa shape index (κ3) is 4.70. The smallest absolute Gasteiger partial charge is 0.370 e. The van der Waals surface area contributed by atoms with Crippen LogP contribution in [-0.4, -0.2) is 38.9 Å². The molecular formula is C22H21F3N6O3. The van der Waals surface area contributed by atoms with Gasteiger partial charge in [0.25, 0.3) is 11.6 Å². The quantitative estimate of drug-likeness (QED) is 0.423. The molecule has 2 heterocycles. The van der Waals surface area contributed by atoms with Gasteiger partial charge in [0.05, 0.1) is 33.2 Å². The number of hydrogen-bond acceptors (Lipinski definition) is 6. The van der Waals surface area contributed by atoms with Crippen molar-refractivity contribution in [2.75, 3.05) is 23.3 Å². The van der Waals surface area contributed by atoms with Gasteiger partial charge in [0.1, 0.15) is 0 Å². The van der Waals surface area contributed by atoms with Gasteiger partial charge < -0.3 is 10.2 Å². The lowest BCUT2D eigenvalue weighted by atomic mass is 10.1. The van der Waals surface area contributed by atoms with E-state index in [0.29, 0.717) is 24.5 Å². The van der Waals surface area contributed by atoms with Gasteiger partial charge in [0, 0.05) is 25.2 Å². The highest BCUT2D eigenvalue weighted by atomic mass is 19.4. The summed E-state index contributed by atoms with van der Waals surface area (Å²) in [4.78, 5) is 25.5. The maximum atomic E-state index is 13.3. The summed E-state index contributed by atoms with van der Waals surface area (Å²) in [5.74, 6) is -0.730. The van der Waals surface area contributed by atoms with Crippen molar-refractivity contribution >= 4 is 23.0 Å². The van der Waals surface area contributed by atoms with Gasteiger partial charge in [-0.1, -0.05) is 11.3 Å². The number of non-ortho nitro benzene ring substituents is 1. The highest BCUT2D eigenvalue weighted by Crippen LogP contribution is 2.36. The molecule has 0 aliphatic carbocycles. The lowest BCUT2D eigenvalue weighted by Gasteiger charge is -2.31. The average Bonchev–Trinajstić information content (AvgIpc) is 3.20. The highest BCUT2D eigenvalue weighted by Gasteiger charge is 2.32. The van der Waals surface area contributed by atoms with E-state index in [4.69, 9.17) is 0 Å². The Labute approximate surface area is 192 Å². The van der Waals surface area contributed by atoms with Crippen LogP contribution in [0.3, 0.4) is 0 Å². The van der Waals surface area contributed by atoms with E-state index in [1.807, 2.05) is 4.90 Å². The summed E-state index contributed by atoms with van der Waals surface area (Å²) >= 11 is 0. The monoisotopic (exact) mass is 474 g/mol. The summed E-state index contributed by atoms with van der Waals surface area (Å²) < 4.78 is 41.3. The van der Waals surface area contributed by atoms with Crippen LogP contribution < -0.4 is 10.2 Å². The molecule has 1 aliphatic rings. The first-order valence-electron chi connectivity index (χ1n) is 10.6. The minimum Gasteiger partial charge on any atom is -0.370 e. The molecule has 0 saturated carbocycles. The molecule has 1 saturated heterocycles. The number of halogens is 3. The van der Waals surface area contributed by atoms with Gasteiger partial charge >= 0.3 is 6.18 Å². The zero-order valence-corrected chi connectivity index (χ0v) is 18.2. The molecule has 9 nitrogen and oxygen atoms in total. The van der Waals surface area contributed by atoms with Gasteiger partial charge in [0.2, 0.25) is 0 Å². The lowest BCUT2D eigenvalue weighted by molar-refractivity contribution is -0.384. The molecule has 1 aliphatic heterocycles. The molecule has 178 valence electrons. The number of nitrogens with one attached hydrogen (secondary N) is 1. The van der Waals surface area contributed by atoms with Crippen LogP contribution in [0.2, 0.25) is 0 Å². The number of hydrogen-bond donors (Lipinski definition) is 1. The highest BCUT2D eigenvalue weighted by molar-refractivity contribution is 6.05. The molecule has 0 radical (unpaired) electrons. The SMILES string of the molecule is Cc1c(C(=O)Nc2cc(C(F)(F)F)ccc2N2CCCCC2)nnn1-c1cccc([N+](=O)[O-])c1. The van der Waals surface area contributed by atoms with Crippen LogP contribution in [0.5, 0.6) is 0 Å². The Morgan fingerprint density at radius 1 is 1.12 bits per heavy atom. The molecule has 0 bridgehead atoms. The molecule has 1 N–H and O–H groups in total. The van der Waals surface area contributed by atoms with Crippen LogP contribution >= 0.6 is 0 Å². The predicted octanol–water partition coefficient (Wildman–Crippen LogP) is 4.75. The second kappa shape index (κ2) is 9.12. The van der Waals surface area contributed by atoms with Gasteiger partial charge in [0.15, 0.2) is 5.69 Å². The van der Waals surface area contributed by atoms with Gasteiger partial charge in [-0.25, -0.2) is 4.68 Å². The van der Waals surface area contributed by atoms with Crippen molar-refractivity contribution in [3.8, 4) is 5.69 Å². The first-order chi connectivity index (χ1) is 16.1. The van der Waals surface area contributed by atoms with Crippen LogP contribution in [0.4, 0.5) is 30.2 Å². The van der Waals surface area contributed by atoms with Crippen molar-refractivity contribution in [1.29, 1.82) is 0 Å². The first-order valence-corrected chi connectivity index (χ1v) is 10.6. The zero-order valence-electron chi connectivity index (χ0n) is 18.2. The summed E-state index contributed by atoms with van der Waals surface area (Å²) in [6.45, 7) is 2.90. The van der Waals surface area contributed by atoms with Gasteiger partial charge in [-0.2, -0.15) is 13.2 Å². The fourth-order valence-electron chi connectivity index (χ4n) is 3.93. The standard InChI is InChI=1S/C22H21F3N6O3/c1-14-20(27-28-30(14)16-6-5-7-17(13-16)31(33)34)21(32)26-18-12-15(22(23,24)25)8-9-19(18)29-10-3-2-4-11-29/h5-9,12-13H,2-4,10-11H2,1H3,(H,26,32). The number of rotatable bonds is 5. The number of nitro groups is 1. The fraction of sp³-hybridized carbons (Fsp3) is 0.318. The molecule has 2 aromatic carbocycles. The molecule has 0 unspecified atom stereocenters. The largest absolute Gasteiger partial charge is 0.416 e. The summed E-state index contributed by atoms with van der Waals surface area (Å²) in [6.07, 6.45) is -1.71. The predicted molar refractivity (Wildman–Crippen MR) is 118 cm³/mol. The molecule has 0 atom stereocenters. The zero-order chi connectivity index (χ0) is 24.5. The number of amides is 1. The van der Waals surface area contributed by atoms with E-state index < -0.39 is 22.6 Å². The maximum Gasteiger partial charge on any atom is 0.416 e. The minimum absolute atomic E-state index is 0.0334. The van der Waals surface area contributed by atoms with Crippen LogP contribution in [0.1, 0.15) is 41.0 Å². The molecular weight excluding hydrogens is 453 g/mol. The summed E-state index contributed by atoms with van der Waals surface area (Å²) in [5, 5.41) is 21.4. The summed E-state index contributed by atoms with van der Waals surface area (Å²) in [6, 6.07) is 8.94. The Balaban J connectivity index is 1.66. The van der Waals surface area contributed by atoms with Crippen molar-refractivity contribution in [2.45, 2.75) is 32.4 Å². The number of aromatic nitrogens is 3. The van der Waals surface area contributed by atoms with Gasteiger partial charge in [-0.3, -0.25) is 14.9 Å². The number of nitro benzene ring substituents is 1. The minimum atomic E-state index is -4.57. The van der Waals surface area contributed by atoms with E-state index in [1.54, 1.807) is 13.0 Å². The maximum absolute atomic E-state index is 13.3. The van der Waals surface area contributed by atoms with E-state index in [0.717, 1.165) is 31.4 Å². The number of nitrogens with zero attached hydrogens (tertiary/aromatic N) is 5. The lowest BCUT2D eigenvalue weighted by Crippen LogP contribution is -2.30. The molecule has 3 aromatic rings.